The topological polar surface area (TPSA) is 111 Å². The van der Waals surface area contributed by atoms with E-state index in [1.54, 1.807) is 55.1 Å². The van der Waals surface area contributed by atoms with E-state index in [1.807, 2.05) is 24.3 Å². The monoisotopic (exact) mass is 418 g/mol. The summed E-state index contributed by atoms with van der Waals surface area (Å²) in [6.07, 6.45) is 7.97. The second kappa shape index (κ2) is 8.19. The van der Waals surface area contributed by atoms with Crippen molar-refractivity contribution >= 4 is 43.5 Å². The van der Waals surface area contributed by atoms with Gasteiger partial charge in [-0.05, 0) is 42.5 Å². The number of hydrogen-bond donors (Lipinski definition) is 0. The summed E-state index contributed by atoms with van der Waals surface area (Å²) in [6.45, 7) is 0. The van der Waals surface area contributed by atoms with Crippen molar-refractivity contribution < 1.29 is 0 Å². The average Bonchev–Trinajstić information content (AvgIpc) is 3.09. The third kappa shape index (κ3) is 3.50. The minimum Gasteiger partial charge on any atom is -0.288 e. The largest absolute Gasteiger partial charge is 0.288 e. The quantitative estimate of drug-likeness (QED) is 0.370. The molecule has 6 aromatic rings. The number of rotatable bonds is 0. The van der Waals surface area contributed by atoms with Gasteiger partial charge in [-0.3, -0.25) is 19.6 Å². The normalized spacial score (nSPS) is 10.8. The molecule has 0 bridgehead atoms. The van der Waals surface area contributed by atoms with Crippen LogP contribution in [0.2, 0.25) is 0 Å². The summed E-state index contributed by atoms with van der Waals surface area (Å²) in [5.41, 5.74) is 1.55. The molecule has 0 aliphatic carbocycles. The molecule has 8 nitrogen and oxygen atoms in total. The molecule has 0 unspecified atom stereocenters. The Kier molecular flexibility index (Phi) is 4.93. The highest BCUT2D eigenvalue weighted by molar-refractivity contribution is 5.90. The van der Waals surface area contributed by atoms with E-state index in [-0.39, 0.29) is 10.9 Å². The van der Waals surface area contributed by atoms with Crippen molar-refractivity contribution in [3.05, 3.63) is 106 Å². The Labute approximate surface area is 180 Å². The van der Waals surface area contributed by atoms with Crippen LogP contribution in [0.1, 0.15) is 0 Å². The van der Waals surface area contributed by atoms with E-state index < -0.39 is 0 Å². The van der Waals surface area contributed by atoms with Gasteiger partial charge in [0.2, 0.25) is 5.43 Å². The van der Waals surface area contributed by atoms with Crippen molar-refractivity contribution in [1.82, 2.24) is 30.4 Å². The van der Waals surface area contributed by atoms with Crippen LogP contribution in [-0.4, -0.2) is 30.4 Å². The van der Waals surface area contributed by atoms with E-state index in [2.05, 4.69) is 30.4 Å². The number of hydrogen-bond acceptors (Lipinski definition) is 8. The van der Waals surface area contributed by atoms with Crippen LogP contribution in [-0.2, 0) is 0 Å². The van der Waals surface area contributed by atoms with E-state index in [0.717, 1.165) is 10.8 Å². The molecule has 0 spiro atoms. The Morgan fingerprint density at radius 1 is 0.531 bits per heavy atom. The summed E-state index contributed by atoms with van der Waals surface area (Å²) in [5.74, 6) is 0. The standard InChI is InChI=1S/2C12H7N3O/c16-12-9-2-1-6-13-10(9)4-3-8-5-7-14-15-11(8)12;16-12-9-2-1-5-13-11(9)4-3-8-6-14-15-7-10(8)12/h2*1-7H. The maximum absolute atomic E-state index is 12.2. The van der Waals surface area contributed by atoms with Gasteiger partial charge in [-0.25, -0.2) is 0 Å². The summed E-state index contributed by atoms with van der Waals surface area (Å²) in [6, 6.07) is 16.1. The summed E-state index contributed by atoms with van der Waals surface area (Å²) in [4.78, 5) is 32.6. The molecular weight excluding hydrogens is 404 g/mol. The van der Waals surface area contributed by atoms with Gasteiger partial charge in [-0.15, -0.1) is 5.10 Å². The predicted octanol–water partition coefficient (Wildman–Crippen LogP) is 3.08. The molecule has 0 saturated heterocycles. The van der Waals surface area contributed by atoms with E-state index in [0.29, 0.717) is 32.7 Å². The first kappa shape index (κ1) is 19.3. The van der Waals surface area contributed by atoms with Gasteiger partial charge in [0.25, 0.3) is 0 Å². The highest BCUT2D eigenvalue weighted by Crippen LogP contribution is 2.12. The van der Waals surface area contributed by atoms with Crippen molar-refractivity contribution in [1.29, 1.82) is 0 Å². The third-order valence-corrected chi connectivity index (χ3v) is 4.98. The van der Waals surface area contributed by atoms with Gasteiger partial charge in [0.15, 0.2) is 5.43 Å². The summed E-state index contributed by atoms with van der Waals surface area (Å²) in [7, 11) is 0. The van der Waals surface area contributed by atoms with E-state index in [4.69, 9.17) is 0 Å². The predicted molar refractivity (Wildman–Crippen MR) is 122 cm³/mol. The van der Waals surface area contributed by atoms with Crippen molar-refractivity contribution in [2.24, 2.45) is 0 Å². The Morgan fingerprint density at radius 3 is 1.94 bits per heavy atom. The zero-order valence-corrected chi connectivity index (χ0v) is 16.6. The molecule has 0 aliphatic rings. The molecule has 6 rings (SSSR count). The van der Waals surface area contributed by atoms with Crippen LogP contribution < -0.4 is 10.9 Å². The van der Waals surface area contributed by atoms with E-state index in [9.17, 15) is 9.59 Å². The van der Waals surface area contributed by atoms with Crippen LogP contribution in [0.3, 0.4) is 0 Å². The fourth-order valence-corrected chi connectivity index (χ4v) is 3.40. The zero-order valence-electron chi connectivity index (χ0n) is 16.6. The molecule has 8 heteroatoms. The molecule has 4 heterocycles. The second-order valence-electron chi connectivity index (χ2n) is 6.89. The van der Waals surface area contributed by atoms with Crippen molar-refractivity contribution in [3.63, 3.8) is 0 Å². The maximum Gasteiger partial charge on any atom is 0.216 e. The van der Waals surface area contributed by atoms with Crippen molar-refractivity contribution in [2.75, 3.05) is 0 Å². The summed E-state index contributed by atoms with van der Waals surface area (Å²) in [5, 5.41) is 18.4. The van der Waals surface area contributed by atoms with Crippen LogP contribution >= 0.6 is 0 Å². The highest BCUT2D eigenvalue weighted by Gasteiger charge is 2.03. The minimum absolute atomic E-state index is 0.0574. The van der Waals surface area contributed by atoms with Crippen LogP contribution in [0.5, 0.6) is 0 Å². The molecular formula is C24H14N6O2. The Hall–Kier alpha value is -4.72. The van der Waals surface area contributed by atoms with Gasteiger partial charge in [-0.1, -0.05) is 12.1 Å². The van der Waals surface area contributed by atoms with Gasteiger partial charge in [0, 0.05) is 33.9 Å². The zero-order chi connectivity index (χ0) is 21.9. The van der Waals surface area contributed by atoms with Gasteiger partial charge in [-0.2, -0.15) is 15.3 Å². The summed E-state index contributed by atoms with van der Waals surface area (Å²) < 4.78 is 0. The number of aromatic nitrogens is 6. The van der Waals surface area contributed by atoms with Gasteiger partial charge >= 0.3 is 0 Å². The second-order valence-corrected chi connectivity index (χ2v) is 6.89. The van der Waals surface area contributed by atoms with Crippen LogP contribution in [0.25, 0.3) is 43.5 Å². The molecule has 152 valence electrons. The number of fused-ring (bicyclic) bond motifs is 4. The molecule has 4 aromatic heterocycles. The first-order valence-electron chi connectivity index (χ1n) is 9.70. The molecule has 0 fully saturated rings. The fourth-order valence-electron chi connectivity index (χ4n) is 3.40. The van der Waals surface area contributed by atoms with Gasteiger partial charge in [0.05, 0.1) is 35.0 Å². The molecule has 0 atom stereocenters. The molecule has 0 radical (unpaired) electrons. The van der Waals surface area contributed by atoms with Crippen molar-refractivity contribution in [3.8, 4) is 0 Å². The van der Waals surface area contributed by atoms with Gasteiger partial charge in [0.1, 0.15) is 5.52 Å². The Bertz CT molecular complexity index is 1490. The van der Waals surface area contributed by atoms with Gasteiger partial charge < -0.3 is 0 Å². The first-order chi connectivity index (χ1) is 15.7. The lowest BCUT2D eigenvalue weighted by Crippen LogP contribution is -2.01. The van der Waals surface area contributed by atoms with Crippen LogP contribution in [0.15, 0.2) is 95.2 Å². The van der Waals surface area contributed by atoms with Crippen molar-refractivity contribution in [2.45, 2.75) is 0 Å². The molecule has 2 aromatic carbocycles. The number of nitrogens with zero attached hydrogens (tertiary/aromatic N) is 6. The lowest BCUT2D eigenvalue weighted by molar-refractivity contribution is 1.05. The molecule has 32 heavy (non-hydrogen) atoms. The van der Waals surface area contributed by atoms with E-state index >= 15 is 0 Å². The van der Waals surface area contributed by atoms with Crippen LogP contribution in [0, 0.1) is 0 Å². The lowest BCUT2D eigenvalue weighted by Gasteiger charge is -1.88. The molecule has 0 saturated carbocycles. The number of pyridine rings is 2. The summed E-state index contributed by atoms with van der Waals surface area (Å²) >= 11 is 0. The highest BCUT2D eigenvalue weighted by atomic mass is 16.1. The third-order valence-electron chi connectivity index (χ3n) is 4.98. The van der Waals surface area contributed by atoms with Crippen LogP contribution in [0.4, 0.5) is 0 Å². The molecule has 0 aliphatic heterocycles. The average molecular weight is 418 g/mol. The lowest BCUT2D eigenvalue weighted by atomic mass is 10.2. The molecule has 0 amide bonds. The fraction of sp³-hybridized carbons (Fsp3) is 0. The van der Waals surface area contributed by atoms with E-state index in [1.165, 1.54) is 6.20 Å². The minimum atomic E-state index is -0.129. The maximum atomic E-state index is 12.2. The molecule has 0 N–H and O–H groups in total. The smallest absolute Gasteiger partial charge is 0.216 e. The SMILES string of the molecule is O=c1c2cccnc2ccc2ccnnc12.O=c1c2cnncc2ccc2ncccc12. The Balaban J connectivity index is 0.000000135. The first-order valence-corrected chi connectivity index (χ1v) is 9.70. The Morgan fingerprint density at radius 2 is 1.19 bits per heavy atom.